The first kappa shape index (κ1) is 23.0. The van der Waals surface area contributed by atoms with Gasteiger partial charge in [0.25, 0.3) is 0 Å². The minimum Gasteiger partial charge on any atom is -0.462 e. The Morgan fingerprint density at radius 3 is 2.60 bits per heavy atom. The van der Waals surface area contributed by atoms with Crippen molar-refractivity contribution in [2.45, 2.75) is 46.8 Å². The van der Waals surface area contributed by atoms with E-state index in [0.29, 0.717) is 5.56 Å². The second-order valence-electron chi connectivity index (χ2n) is 6.43. The molecular formula is C18H22N4O7S. The van der Waals surface area contributed by atoms with Crippen LogP contribution in [0.15, 0.2) is 12.3 Å². The molecule has 0 saturated carbocycles. The Labute approximate surface area is 176 Å². The van der Waals surface area contributed by atoms with Crippen LogP contribution in [0.2, 0.25) is 0 Å². The fourth-order valence-corrected chi connectivity index (χ4v) is 3.59. The summed E-state index contributed by atoms with van der Waals surface area (Å²) < 4.78 is 11.5. The minimum absolute atomic E-state index is 0.0524. The molecule has 30 heavy (non-hydrogen) atoms. The van der Waals surface area contributed by atoms with Gasteiger partial charge >= 0.3 is 17.8 Å². The molecular weight excluding hydrogens is 416 g/mol. The van der Waals surface area contributed by atoms with Crippen LogP contribution in [0.25, 0.3) is 0 Å². The first-order valence-corrected chi connectivity index (χ1v) is 9.94. The van der Waals surface area contributed by atoms with E-state index in [0.717, 1.165) is 11.3 Å². The molecule has 162 valence electrons. The van der Waals surface area contributed by atoms with Crippen molar-refractivity contribution < 1.29 is 28.8 Å². The zero-order chi connectivity index (χ0) is 22.4. The van der Waals surface area contributed by atoms with E-state index in [1.54, 1.807) is 27.7 Å². The number of carbonyl (C=O) groups is 3. The number of hydrogen-bond acceptors (Lipinski definition) is 9. The van der Waals surface area contributed by atoms with Gasteiger partial charge in [0.2, 0.25) is 5.91 Å². The van der Waals surface area contributed by atoms with E-state index in [2.05, 4.69) is 10.4 Å². The third-order valence-corrected chi connectivity index (χ3v) is 4.98. The van der Waals surface area contributed by atoms with Crippen molar-refractivity contribution in [2.24, 2.45) is 0 Å². The first-order chi connectivity index (χ1) is 14.1. The molecule has 0 aliphatic rings. The highest BCUT2D eigenvalue weighted by Crippen LogP contribution is 2.34. The predicted molar refractivity (Wildman–Crippen MR) is 108 cm³/mol. The van der Waals surface area contributed by atoms with Gasteiger partial charge in [0, 0.05) is 6.42 Å². The van der Waals surface area contributed by atoms with E-state index >= 15 is 0 Å². The quantitative estimate of drug-likeness (QED) is 0.358. The molecule has 0 aliphatic carbocycles. The molecule has 2 rings (SSSR count). The van der Waals surface area contributed by atoms with Gasteiger partial charge < -0.3 is 24.9 Å². The first-order valence-electron chi connectivity index (χ1n) is 9.13. The van der Waals surface area contributed by atoms with Gasteiger partial charge in [0.05, 0.1) is 42.2 Å². The number of amides is 1. The molecule has 0 aromatic carbocycles. The molecule has 2 heterocycles. The Morgan fingerprint density at radius 2 is 2.03 bits per heavy atom. The van der Waals surface area contributed by atoms with Crippen LogP contribution in [-0.4, -0.2) is 45.3 Å². The molecule has 0 spiro atoms. The molecule has 1 amide bonds. The topological polar surface area (TPSA) is 143 Å². The Bertz CT molecular complexity index is 964. The summed E-state index contributed by atoms with van der Waals surface area (Å²) in [4.78, 5) is 47.3. The van der Waals surface area contributed by atoms with Gasteiger partial charge in [-0.05, 0) is 38.2 Å². The summed E-state index contributed by atoms with van der Waals surface area (Å²) in [5, 5.41) is 17.2. The van der Waals surface area contributed by atoms with Gasteiger partial charge in [0.1, 0.15) is 9.88 Å². The van der Waals surface area contributed by atoms with Gasteiger partial charge in [0.15, 0.2) is 0 Å². The van der Waals surface area contributed by atoms with Crippen molar-refractivity contribution >= 4 is 40.0 Å². The van der Waals surface area contributed by atoms with Crippen molar-refractivity contribution in [1.29, 1.82) is 0 Å². The van der Waals surface area contributed by atoms with E-state index in [4.69, 9.17) is 9.47 Å². The smallest absolute Gasteiger partial charge is 0.389 e. The lowest BCUT2D eigenvalue weighted by Gasteiger charge is -2.10. The summed E-state index contributed by atoms with van der Waals surface area (Å²) in [6.45, 7) is 6.89. The van der Waals surface area contributed by atoms with Gasteiger partial charge in [-0.2, -0.15) is 4.68 Å². The molecule has 2 aromatic rings. The summed E-state index contributed by atoms with van der Waals surface area (Å²) in [5.41, 5.74) is 0.460. The molecule has 0 radical (unpaired) electrons. The Kier molecular flexibility index (Phi) is 7.64. The molecule has 12 heteroatoms. The van der Waals surface area contributed by atoms with Gasteiger partial charge in [-0.25, -0.2) is 9.59 Å². The number of aromatic nitrogens is 2. The van der Waals surface area contributed by atoms with E-state index in [9.17, 15) is 24.5 Å². The Morgan fingerprint density at radius 1 is 1.33 bits per heavy atom. The van der Waals surface area contributed by atoms with Crippen LogP contribution in [-0.2, 0) is 20.8 Å². The predicted octanol–water partition coefficient (Wildman–Crippen LogP) is 2.93. The fraction of sp³-hybridized carbons (Fsp3) is 0.444. The highest BCUT2D eigenvalue weighted by molar-refractivity contribution is 7.18. The number of hydrogen-bond donors (Lipinski definition) is 1. The molecule has 0 saturated heterocycles. The lowest BCUT2D eigenvalue weighted by Crippen LogP contribution is -2.18. The number of nitrogens with zero attached hydrogens (tertiary/aromatic N) is 3. The van der Waals surface area contributed by atoms with Crippen molar-refractivity contribution in [3.05, 3.63) is 38.4 Å². The molecule has 2 aromatic heterocycles. The summed E-state index contributed by atoms with van der Waals surface area (Å²) in [6, 6.07) is 1.23. The van der Waals surface area contributed by atoms with E-state index < -0.39 is 22.8 Å². The van der Waals surface area contributed by atoms with Crippen molar-refractivity contribution in [2.75, 3.05) is 11.9 Å². The van der Waals surface area contributed by atoms with E-state index in [-0.39, 0.29) is 46.9 Å². The number of nitro groups is 1. The number of thiophene rings is 1. The number of aryl methyl sites for hydroxylation is 1. The van der Waals surface area contributed by atoms with Gasteiger partial charge in [-0.15, -0.1) is 11.3 Å². The number of carbonyl (C=O) groups excluding carboxylic acids is 3. The van der Waals surface area contributed by atoms with Gasteiger partial charge in [-0.1, -0.05) is 0 Å². The largest absolute Gasteiger partial charge is 0.462 e. The molecule has 11 nitrogen and oxygen atoms in total. The summed E-state index contributed by atoms with van der Waals surface area (Å²) in [6.07, 6.45) is 0.954. The maximum absolute atomic E-state index is 12.5. The van der Waals surface area contributed by atoms with E-state index in [1.807, 2.05) is 0 Å². The Hall–Kier alpha value is -3.28. The average molecular weight is 438 g/mol. The summed E-state index contributed by atoms with van der Waals surface area (Å²) in [5.74, 6) is -2.03. The zero-order valence-electron chi connectivity index (χ0n) is 17.0. The number of rotatable bonds is 9. The standard InChI is InChI=1S/C18H22N4O7S/c1-5-28-18(25)15-11(4)14(17(24)29-10(2)3)16(30-15)19-13(23)7-9-21-8-6-12(20-21)22(26)27/h6,8,10H,5,7,9H2,1-4H3,(H,19,23). The maximum atomic E-state index is 12.5. The number of ether oxygens (including phenoxy) is 2. The summed E-state index contributed by atoms with van der Waals surface area (Å²) in [7, 11) is 0. The fourth-order valence-electron chi connectivity index (χ4n) is 2.49. The molecule has 0 aliphatic heterocycles. The zero-order valence-corrected chi connectivity index (χ0v) is 17.8. The monoisotopic (exact) mass is 438 g/mol. The number of esters is 2. The van der Waals surface area contributed by atoms with Crippen LogP contribution in [0.1, 0.15) is 52.8 Å². The average Bonchev–Trinajstić information content (AvgIpc) is 3.24. The lowest BCUT2D eigenvalue weighted by atomic mass is 10.1. The third kappa shape index (κ3) is 5.63. The number of anilines is 1. The lowest BCUT2D eigenvalue weighted by molar-refractivity contribution is -0.389. The normalized spacial score (nSPS) is 10.7. The number of nitrogens with one attached hydrogen (secondary N) is 1. The van der Waals surface area contributed by atoms with Crippen LogP contribution in [0, 0.1) is 17.0 Å². The second kappa shape index (κ2) is 9.96. The molecule has 0 unspecified atom stereocenters. The maximum Gasteiger partial charge on any atom is 0.389 e. The highest BCUT2D eigenvalue weighted by Gasteiger charge is 2.28. The van der Waals surface area contributed by atoms with Crippen LogP contribution >= 0.6 is 11.3 Å². The molecule has 1 N–H and O–H groups in total. The van der Waals surface area contributed by atoms with E-state index in [1.165, 1.54) is 16.9 Å². The molecule has 0 bridgehead atoms. The van der Waals surface area contributed by atoms with Crippen molar-refractivity contribution in [1.82, 2.24) is 9.78 Å². The Balaban J connectivity index is 2.19. The highest BCUT2D eigenvalue weighted by atomic mass is 32.1. The summed E-state index contributed by atoms with van der Waals surface area (Å²) >= 11 is 0.929. The van der Waals surface area contributed by atoms with Crippen molar-refractivity contribution in [3.8, 4) is 0 Å². The minimum atomic E-state index is -0.660. The third-order valence-electron chi connectivity index (χ3n) is 3.79. The van der Waals surface area contributed by atoms with Crippen LogP contribution in [0.3, 0.4) is 0 Å². The SMILES string of the molecule is CCOC(=O)c1sc(NC(=O)CCn2ccc([N+](=O)[O-])n2)c(C(=O)OC(C)C)c1C. The van der Waals surface area contributed by atoms with Gasteiger partial charge in [-0.3, -0.25) is 4.79 Å². The van der Waals surface area contributed by atoms with Crippen LogP contribution in [0.4, 0.5) is 10.8 Å². The molecule has 0 atom stereocenters. The van der Waals surface area contributed by atoms with Crippen LogP contribution in [0.5, 0.6) is 0 Å². The second-order valence-corrected chi connectivity index (χ2v) is 7.45. The van der Waals surface area contributed by atoms with Crippen LogP contribution < -0.4 is 5.32 Å². The van der Waals surface area contributed by atoms with Crippen molar-refractivity contribution in [3.63, 3.8) is 0 Å². The molecule has 0 fully saturated rings.